The quantitative estimate of drug-likeness (QED) is 0.800. The summed E-state index contributed by atoms with van der Waals surface area (Å²) in [5, 5.41) is 12.4. The van der Waals surface area contributed by atoms with E-state index in [1.807, 2.05) is 0 Å². The van der Waals surface area contributed by atoms with Crippen LogP contribution in [0.4, 0.5) is 13.6 Å². The van der Waals surface area contributed by atoms with Gasteiger partial charge in [-0.05, 0) is 58.1 Å². The maximum Gasteiger partial charge on any atom is 0.408 e. The Morgan fingerprint density at radius 2 is 1.86 bits per heavy atom. The lowest BCUT2D eigenvalue weighted by Crippen LogP contribution is -2.57. The number of alkyl carbamates (subject to hydrolysis) is 1. The van der Waals surface area contributed by atoms with Crippen molar-refractivity contribution in [2.24, 2.45) is 0 Å². The number of carbonyl (C=O) groups excluding carboxylic acids is 2. The van der Waals surface area contributed by atoms with E-state index in [2.05, 4.69) is 5.32 Å². The summed E-state index contributed by atoms with van der Waals surface area (Å²) >= 11 is 0. The molecule has 2 amide bonds. The smallest absolute Gasteiger partial charge is 0.408 e. The SMILES string of the molecule is CC(C)(C)OC(=O)NC(C(=O)N1CCC(O)CC1)C1(c2ccc(F)cc2F)CC1. The molecule has 1 aromatic rings. The van der Waals surface area contributed by atoms with Gasteiger partial charge in [-0.2, -0.15) is 0 Å². The molecule has 2 aliphatic rings. The van der Waals surface area contributed by atoms with Gasteiger partial charge in [-0.1, -0.05) is 6.07 Å². The first kappa shape index (κ1) is 21.5. The number of aliphatic hydroxyl groups excluding tert-OH is 1. The number of piperidine rings is 1. The molecule has 1 atom stereocenters. The number of hydrogen-bond acceptors (Lipinski definition) is 4. The molecule has 2 N–H and O–H groups in total. The molecule has 6 nitrogen and oxygen atoms in total. The molecule has 0 aromatic heterocycles. The number of amides is 2. The summed E-state index contributed by atoms with van der Waals surface area (Å²) in [5.74, 6) is -1.78. The first-order valence-electron chi connectivity index (χ1n) is 9.94. The van der Waals surface area contributed by atoms with E-state index >= 15 is 0 Å². The third-order valence-corrected chi connectivity index (χ3v) is 5.49. The molecule has 0 spiro atoms. The molecule has 8 heteroatoms. The summed E-state index contributed by atoms with van der Waals surface area (Å²) in [6.45, 7) is 5.84. The van der Waals surface area contributed by atoms with E-state index in [0.29, 0.717) is 38.8 Å². The molecular formula is C21H28F2N2O4. The second-order valence-electron chi connectivity index (χ2n) is 8.92. The van der Waals surface area contributed by atoms with Crippen LogP contribution in [-0.4, -0.2) is 52.8 Å². The number of rotatable bonds is 4. The van der Waals surface area contributed by atoms with Gasteiger partial charge < -0.3 is 20.1 Å². The average molecular weight is 410 g/mol. The number of nitrogens with zero attached hydrogens (tertiary/aromatic N) is 1. The molecule has 160 valence electrons. The van der Waals surface area contributed by atoms with E-state index in [1.54, 1.807) is 25.7 Å². The molecule has 1 saturated carbocycles. The van der Waals surface area contributed by atoms with Crippen molar-refractivity contribution in [3.05, 3.63) is 35.4 Å². The van der Waals surface area contributed by atoms with Crippen molar-refractivity contribution in [3.63, 3.8) is 0 Å². The fourth-order valence-corrected chi connectivity index (χ4v) is 3.87. The summed E-state index contributed by atoms with van der Waals surface area (Å²) in [4.78, 5) is 27.4. The zero-order valence-corrected chi connectivity index (χ0v) is 17.0. The lowest BCUT2D eigenvalue weighted by atomic mass is 9.86. The van der Waals surface area contributed by atoms with Crippen molar-refractivity contribution < 1.29 is 28.2 Å². The Hall–Kier alpha value is -2.22. The van der Waals surface area contributed by atoms with Gasteiger partial charge in [0.2, 0.25) is 5.91 Å². The number of halogens is 2. The van der Waals surface area contributed by atoms with Gasteiger partial charge in [0, 0.05) is 24.6 Å². The van der Waals surface area contributed by atoms with Crippen molar-refractivity contribution in [1.82, 2.24) is 10.2 Å². The third kappa shape index (κ3) is 4.86. The molecule has 29 heavy (non-hydrogen) atoms. The standard InChI is InChI=1S/C21H28F2N2O4/c1-20(2,3)29-19(28)24-17(18(27)25-10-6-14(26)7-11-25)21(8-9-21)15-5-4-13(22)12-16(15)23/h4-5,12,14,17,26H,6-11H2,1-3H3,(H,24,28). The summed E-state index contributed by atoms with van der Waals surface area (Å²) in [6, 6.07) is 2.26. The predicted octanol–water partition coefficient (Wildman–Crippen LogP) is 2.87. The minimum absolute atomic E-state index is 0.213. The van der Waals surface area contributed by atoms with Crippen LogP contribution in [0.15, 0.2) is 18.2 Å². The lowest BCUT2D eigenvalue weighted by Gasteiger charge is -2.36. The molecule has 3 rings (SSSR count). The number of ether oxygens (including phenoxy) is 1. The van der Waals surface area contributed by atoms with Gasteiger partial charge in [-0.3, -0.25) is 4.79 Å². The molecule has 1 aliphatic carbocycles. The summed E-state index contributed by atoms with van der Waals surface area (Å²) in [6.07, 6.45) is 0.643. The van der Waals surface area contributed by atoms with Gasteiger partial charge >= 0.3 is 6.09 Å². The first-order valence-corrected chi connectivity index (χ1v) is 9.94. The maximum atomic E-state index is 14.6. The van der Waals surface area contributed by atoms with E-state index in [4.69, 9.17) is 4.74 Å². The number of carbonyl (C=O) groups is 2. The zero-order chi connectivity index (χ0) is 21.4. The summed E-state index contributed by atoms with van der Waals surface area (Å²) in [5.41, 5.74) is -1.49. The predicted molar refractivity (Wildman–Crippen MR) is 102 cm³/mol. The molecule has 1 unspecified atom stereocenters. The minimum atomic E-state index is -1.03. The van der Waals surface area contributed by atoms with Gasteiger partial charge in [0.05, 0.1) is 6.10 Å². The number of hydrogen-bond donors (Lipinski definition) is 2. The summed E-state index contributed by atoms with van der Waals surface area (Å²) < 4.78 is 33.3. The number of benzene rings is 1. The van der Waals surface area contributed by atoms with Crippen molar-refractivity contribution in [3.8, 4) is 0 Å². The summed E-state index contributed by atoms with van der Waals surface area (Å²) in [7, 11) is 0. The van der Waals surface area contributed by atoms with Gasteiger partial charge in [0.15, 0.2) is 0 Å². The van der Waals surface area contributed by atoms with Gasteiger partial charge in [-0.25, -0.2) is 13.6 Å². The highest BCUT2D eigenvalue weighted by molar-refractivity contribution is 5.88. The van der Waals surface area contributed by atoms with Crippen LogP contribution in [0.25, 0.3) is 0 Å². The van der Waals surface area contributed by atoms with Crippen molar-refractivity contribution in [2.75, 3.05) is 13.1 Å². The fourth-order valence-electron chi connectivity index (χ4n) is 3.87. The Morgan fingerprint density at radius 1 is 1.24 bits per heavy atom. The Bertz CT molecular complexity index is 781. The van der Waals surface area contributed by atoms with Crippen LogP contribution < -0.4 is 5.32 Å². The topological polar surface area (TPSA) is 78.9 Å². The molecular weight excluding hydrogens is 382 g/mol. The average Bonchev–Trinajstić information content (AvgIpc) is 3.39. The Kier molecular flexibility index (Phi) is 5.85. The minimum Gasteiger partial charge on any atom is -0.444 e. The second-order valence-corrected chi connectivity index (χ2v) is 8.92. The van der Waals surface area contributed by atoms with E-state index in [1.165, 1.54) is 6.07 Å². The highest BCUT2D eigenvalue weighted by Crippen LogP contribution is 2.52. The first-order chi connectivity index (χ1) is 13.5. The van der Waals surface area contributed by atoms with Crippen molar-refractivity contribution in [2.45, 2.75) is 69.6 Å². The van der Waals surface area contributed by atoms with Crippen molar-refractivity contribution >= 4 is 12.0 Å². The van der Waals surface area contributed by atoms with Crippen LogP contribution in [0.1, 0.15) is 52.0 Å². The highest BCUT2D eigenvalue weighted by atomic mass is 19.1. The zero-order valence-electron chi connectivity index (χ0n) is 17.0. The van der Waals surface area contributed by atoms with Crippen LogP contribution >= 0.6 is 0 Å². The molecule has 1 saturated heterocycles. The second kappa shape index (κ2) is 7.89. The monoisotopic (exact) mass is 410 g/mol. The van der Waals surface area contributed by atoms with Crippen molar-refractivity contribution in [1.29, 1.82) is 0 Å². The van der Waals surface area contributed by atoms with Gasteiger partial charge in [-0.15, -0.1) is 0 Å². The number of nitrogens with one attached hydrogen (secondary N) is 1. The Morgan fingerprint density at radius 3 is 2.38 bits per heavy atom. The molecule has 1 aromatic carbocycles. The largest absolute Gasteiger partial charge is 0.444 e. The molecule has 1 aliphatic heterocycles. The molecule has 0 bridgehead atoms. The Balaban J connectivity index is 1.90. The van der Waals surface area contributed by atoms with Crippen LogP contribution in [0.2, 0.25) is 0 Å². The third-order valence-electron chi connectivity index (χ3n) is 5.49. The van der Waals surface area contributed by atoms with E-state index in [9.17, 15) is 23.5 Å². The Labute approximate surface area is 169 Å². The van der Waals surface area contributed by atoms with Crippen LogP contribution in [0.3, 0.4) is 0 Å². The molecule has 2 fully saturated rings. The number of aliphatic hydroxyl groups is 1. The van der Waals surface area contributed by atoms with Crippen LogP contribution in [0.5, 0.6) is 0 Å². The normalized spacial score (nSPS) is 20.1. The fraction of sp³-hybridized carbons (Fsp3) is 0.619. The van der Waals surface area contributed by atoms with Crippen LogP contribution in [-0.2, 0) is 14.9 Å². The van der Waals surface area contributed by atoms with E-state index in [-0.39, 0.29) is 11.5 Å². The maximum absolute atomic E-state index is 14.6. The van der Waals surface area contributed by atoms with Gasteiger partial charge in [0.25, 0.3) is 0 Å². The van der Waals surface area contributed by atoms with Crippen LogP contribution in [0, 0.1) is 11.6 Å². The number of likely N-dealkylation sites (tertiary alicyclic amines) is 1. The van der Waals surface area contributed by atoms with E-state index < -0.39 is 40.9 Å². The van der Waals surface area contributed by atoms with E-state index in [0.717, 1.165) is 12.1 Å². The molecule has 0 radical (unpaired) electrons. The van der Waals surface area contributed by atoms with Gasteiger partial charge in [0.1, 0.15) is 23.3 Å². The lowest BCUT2D eigenvalue weighted by molar-refractivity contribution is -0.136. The highest BCUT2D eigenvalue weighted by Gasteiger charge is 2.56. The molecule has 1 heterocycles.